The van der Waals surface area contributed by atoms with Crippen LogP contribution in [0.1, 0.15) is 48.0 Å². The number of aliphatic hydroxyl groups excluding tert-OH is 1. The third-order valence-corrected chi connectivity index (χ3v) is 6.36. The summed E-state index contributed by atoms with van der Waals surface area (Å²) in [6.45, 7) is 16.4. The lowest BCUT2D eigenvalue weighted by atomic mass is 9.68. The number of carbonyl (C=O) groups excluding carboxylic acids is 1. The van der Waals surface area contributed by atoms with E-state index in [1.807, 2.05) is 27.7 Å². The summed E-state index contributed by atoms with van der Waals surface area (Å²) in [5, 5.41) is 10.2. The Morgan fingerprint density at radius 3 is 2.16 bits per heavy atom. The van der Waals surface area contributed by atoms with Crippen molar-refractivity contribution in [3.05, 3.63) is 0 Å². The standard InChI is InChI=1S/C17H37NO5Si2/c1-15(2,3)21-14(20)18-10-9-12(17(18,6)11-19)16(4,5)13(22-24-7)23-25-8/h12-13,19H,9-11,24-25H2,1-8H3/t12-,17+/m0/s1. The van der Waals surface area contributed by atoms with E-state index in [2.05, 4.69) is 26.9 Å². The van der Waals surface area contributed by atoms with Crippen LogP contribution < -0.4 is 0 Å². The Morgan fingerprint density at radius 2 is 1.76 bits per heavy atom. The molecular formula is C17H37NO5Si2. The predicted octanol–water partition coefficient (Wildman–Crippen LogP) is 1.64. The Balaban J connectivity index is 3.10. The molecular weight excluding hydrogens is 354 g/mol. The first-order valence-electron chi connectivity index (χ1n) is 9.28. The van der Waals surface area contributed by atoms with E-state index in [1.165, 1.54) is 0 Å². The van der Waals surface area contributed by atoms with E-state index in [9.17, 15) is 9.90 Å². The van der Waals surface area contributed by atoms with Crippen molar-refractivity contribution in [1.29, 1.82) is 0 Å². The predicted molar refractivity (Wildman–Crippen MR) is 105 cm³/mol. The molecule has 1 heterocycles. The molecule has 0 radical (unpaired) electrons. The van der Waals surface area contributed by atoms with Crippen LogP contribution in [0, 0.1) is 11.3 Å². The molecule has 0 aromatic rings. The molecule has 0 spiro atoms. The van der Waals surface area contributed by atoms with Crippen molar-refractivity contribution in [3.8, 4) is 0 Å². The SMILES string of the molecule is C[SiH2]OC(O[SiH2]C)C(C)(C)[C@@H]1CCN(C(=O)OC(C)(C)C)[C@]1(C)CO. The number of aliphatic hydroxyl groups is 1. The average molecular weight is 392 g/mol. The van der Waals surface area contributed by atoms with Gasteiger partial charge in [-0.1, -0.05) is 26.9 Å². The van der Waals surface area contributed by atoms with Crippen LogP contribution in [-0.2, 0) is 13.6 Å². The van der Waals surface area contributed by atoms with Gasteiger partial charge in [-0.2, -0.15) is 0 Å². The number of rotatable bonds is 7. The van der Waals surface area contributed by atoms with Crippen LogP contribution in [-0.4, -0.2) is 66.2 Å². The van der Waals surface area contributed by atoms with Gasteiger partial charge in [-0.25, -0.2) is 4.79 Å². The first-order chi connectivity index (χ1) is 11.4. The van der Waals surface area contributed by atoms with Gasteiger partial charge < -0.3 is 23.6 Å². The number of amides is 1. The van der Waals surface area contributed by atoms with E-state index in [1.54, 1.807) is 4.90 Å². The maximum Gasteiger partial charge on any atom is 0.410 e. The molecule has 1 rings (SSSR count). The van der Waals surface area contributed by atoms with Gasteiger partial charge in [-0.05, 0) is 40.0 Å². The molecule has 1 fully saturated rings. The molecule has 6 nitrogen and oxygen atoms in total. The highest BCUT2D eigenvalue weighted by Crippen LogP contribution is 2.48. The molecule has 0 unspecified atom stereocenters. The molecule has 0 aromatic carbocycles. The zero-order valence-corrected chi connectivity index (χ0v) is 20.0. The number of nitrogens with zero attached hydrogens (tertiary/aromatic N) is 1. The highest BCUT2D eigenvalue weighted by molar-refractivity contribution is 6.26. The molecule has 1 aliphatic rings. The zero-order valence-electron chi connectivity index (χ0n) is 17.2. The van der Waals surface area contributed by atoms with Crippen molar-refractivity contribution < 1.29 is 23.5 Å². The maximum atomic E-state index is 12.7. The minimum absolute atomic E-state index is 0.0589. The van der Waals surface area contributed by atoms with Crippen molar-refractivity contribution in [3.63, 3.8) is 0 Å². The number of hydrogen-bond donors (Lipinski definition) is 1. The van der Waals surface area contributed by atoms with E-state index in [0.717, 1.165) is 6.42 Å². The Labute approximate surface area is 157 Å². The quantitative estimate of drug-likeness (QED) is 0.528. The summed E-state index contributed by atoms with van der Waals surface area (Å²) in [6.07, 6.45) is 0.161. The molecule has 0 aliphatic carbocycles. The fourth-order valence-corrected chi connectivity index (χ4v) is 5.79. The minimum Gasteiger partial charge on any atom is -0.444 e. The fourth-order valence-electron chi connectivity index (χ4n) is 3.94. The lowest BCUT2D eigenvalue weighted by Crippen LogP contribution is -2.57. The van der Waals surface area contributed by atoms with Crippen LogP contribution in [0.4, 0.5) is 4.79 Å². The average Bonchev–Trinajstić information content (AvgIpc) is 2.84. The van der Waals surface area contributed by atoms with Crippen LogP contribution in [0.5, 0.6) is 0 Å². The van der Waals surface area contributed by atoms with Crippen LogP contribution in [0.3, 0.4) is 0 Å². The molecule has 1 N–H and O–H groups in total. The van der Waals surface area contributed by atoms with Gasteiger partial charge in [0, 0.05) is 12.0 Å². The molecule has 1 amide bonds. The molecule has 0 bridgehead atoms. The van der Waals surface area contributed by atoms with Crippen molar-refractivity contribution >= 4 is 25.6 Å². The maximum absolute atomic E-state index is 12.7. The van der Waals surface area contributed by atoms with Gasteiger partial charge in [0.2, 0.25) is 0 Å². The second kappa shape index (κ2) is 8.52. The van der Waals surface area contributed by atoms with E-state index < -0.39 is 30.7 Å². The van der Waals surface area contributed by atoms with Crippen molar-refractivity contribution in [1.82, 2.24) is 4.90 Å². The van der Waals surface area contributed by atoms with Gasteiger partial charge in [0.05, 0.1) is 12.1 Å². The van der Waals surface area contributed by atoms with Crippen molar-refractivity contribution in [2.75, 3.05) is 13.2 Å². The second-order valence-electron chi connectivity index (χ2n) is 8.55. The number of ether oxygens (including phenoxy) is 1. The summed E-state index contributed by atoms with van der Waals surface area (Å²) in [6, 6.07) is 0. The van der Waals surface area contributed by atoms with Gasteiger partial charge in [-0.15, -0.1) is 0 Å². The fraction of sp³-hybridized carbons (Fsp3) is 0.941. The van der Waals surface area contributed by atoms with E-state index in [4.69, 9.17) is 13.6 Å². The summed E-state index contributed by atoms with van der Waals surface area (Å²) in [5.74, 6) is 0.0589. The van der Waals surface area contributed by atoms with Gasteiger partial charge in [-0.3, -0.25) is 0 Å². The highest BCUT2D eigenvalue weighted by atomic mass is 28.2. The van der Waals surface area contributed by atoms with Crippen molar-refractivity contribution in [2.24, 2.45) is 11.3 Å². The summed E-state index contributed by atoms with van der Waals surface area (Å²) in [5.41, 5.74) is -1.56. The van der Waals surface area contributed by atoms with Crippen molar-refractivity contribution in [2.45, 2.75) is 78.5 Å². The Morgan fingerprint density at radius 1 is 1.24 bits per heavy atom. The first kappa shape index (κ1) is 22.6. The largest absolute Gasteiger partial charge is 0.444 e. The topological polar surface area (TPSA) is 68.2 Å². The summed E-state index contributed by atoms with van der Waals surface area (Å²) in [4.78, 5) is 14.4. The van der Waals surface area contributed by atoms with E-state index in [0.29, 0.717) is 6.54 Å². The zero-order chi connectivity index (χ0) is 19.5. The molecule has 148 valence electrons. The Hall–Kier alpha value is -0.416. The Bertz CT molecular complexity index is 449. The molecule has 0 saturated carbocycles. The first-order valence-corrected chi connectivity index (χ1v) is 13.3. The van der Waals surface area contributed by atoms with Gasteiger partial charge in [0.1, 0.15) is 11.9 Å². The highest BCUT2D eigenvalue weighted by Gasteiger charge is 2.56. The molecule has 0 aromatic heterocycles. The second-order valence-corrected chi connectivity index (χ2v) is 10.4. The lowest BCUT2D eigenvalue weighted by Gasteiger charge is -2.47. The molecule has 2 atom stereocenters. The molecule has 8 heteroatoms. The smallest absolute Gasteiger partial charge is 0.410 e. The number of hydrogen-bond acceptors (Lipinski definition) is 5. The molecule has 1 aliphatic heterocycles. The molecule has 1 saturated heterocycles. The van der Waals surface area contributed by atoms with Gasteiger partial charge >= 0.3 is 6.09 Å². The summed E-state index contributed by atoms with van der Waals surface area (Å²) in [7, 11) is -1.25. The minimum atomic E-state index is -0.693. The third kappa shape index (κ3) is 5.06. The van der Waals surface area contributed by atoms with Crippen LogP contribution >= 0.6 is 0 Å². The summed E-state index contributed by atoms with van der Waals surface area (Å²) >= 11 is 0. The van der Waals surface area contributed by atoms with Crippen LogP contribution in [0.25, 0.3) is 0 Å². The van der Waals surface area contributed by atoms with Gasteiger partial charge in [0.25, 0.3) is 0 Å². The van der Waals surface area contributed by atoms with E-state index >= 15 is 0 Å². The van der Waals surface area contributed by atoms with Gasteiger partial charge in [0.15, 0.2) is 19.5 Å². The number of likely N-dealkylation sites (tertiary alicyclic amines) is 1. The van der Waals surface area contributed by atoms with Crippen LogP contribution in [0.2, 0.25) is 13.1 Å². The van der Waals surface area contributed by atoms with E-state index in [-0.39, 0.29) is 30.3 Å². The number of carbonyl (C=O) groups is 1. The monoisotopic (exact) mass is 391 g/mol. The molecule has 25 heavy (non-hydrogen) atoms. The van der Waals surface area contributed by atoms with Crippen LogP contribution in [0.15, 0.2) is 0 Å². The Kier molecular flexibility index (Phi) is 7.71. The third-order valence-electron chi connectivity index (χ3n) is 5.08. The summed E-state index contributed by atoms with van der Waals surface area (Å²) < 4.78 is 17.6. The lowest BCUT2D eigenvalue weighted by molar-refractivity contribution is -0.126. The normalized spacial score (nSPS) is 26.9.